The Balaban J connectivity index is 1.51. The van der Waals surface area contributed by atoms with Gasteiger partial charge in [-0.1, -0.05) is 36.4 Å². The highest BCUT2D eigenvalue weighted by Gasteiger charge is 2.35. The standard InChI is InChI=1S/C20H22N4O4S2/c25-13-17(14-6-2-1-3-7-14)21-20(26)15-8-5-11-24(12-15)30(27,28)18-10-4-9-16-19(18)23-29-22-16/h1-4,6-7,9-10,15,17,25H,5,8,11-13H2,(H,21,26)/t15-,17+/m1/s1. The summed E-state index contributed by atoms with van der Waals surface area (Å²) in [7, 11) is -3.80. The number of nitrogens with one attached hydrogen (secondary N) is 1. The minimum atomic E-state index is -3.80. The molecule has 2 heterocycles. The lowest BCUT2D eigenvalue weighted by atomic mass is 9.97. The second-order valence-electron chi connectivity index (χ2n) is 7.24. The van der Waals surface area contributed by atoms with Crippen molar-refractivity contribution in [3.8, 4) is 0 Å². The Hall–Kier alpha value is -2.40. The van der Waals surface area contributed by atoms with E-state index in [-0.39, 0.29) is 24.0 Å². The van der Waals surface area contributed by atoms with E-state index < -0.39 is 22.0 Å². The van der Waals surface area contributed by atoms with Crippen LogP contribution >= 0.6 is 11.7 Å². The monoisotopic (exact) mass is 446 g/mol. The maximum absolute atomic E-state index is 13.3. The van der Waals surface area contributed by atoms with E-state index in [1.165, 1.54) is 10.4 Å². The molecular formula is C20H22N4O4S2. The van der Waals surface area contributed by atoms with Crippen molar-refractivity contribution in [2.75, 3.05) is 19.7 Å². The third kappa shape index (κ3) is 4.08. The maximum atomic E-state index is 13.3. The van der Waals surface area contributed by atoms with Crippen LogP contribution in [-0.4, -0.2) is 52.2 Å². The quantitative estimate of drug-likeness (QED) is 0.598. The molecule has 158 valence electrons. The lowest BCUT2D eigenvalue weighted by Gasteiger charge is -2.32. The molecule has 3 aromatic rings. The number of fused-ring (bicyclic) bond motifs is 1. The van der Waals surface area contributed by atoms with Crippen molar-refractivity contribution in [3.05, 3.63) is 54.1 Å². The van der Waals surface area contributed by atoms with Crippen LogP contribution in [0.2, 0.25) is 0 Å². The first-order chi connectivity index (χ1) is 14.5. The number of aliphatic hydroxyl groups is 1. The SMILES string of the molecule is O=C(N[C@@H](CO)c1ccccc1)[C@@H]1CCCN(S(=O)(=O)c2cccc3nsnc23)C1. The summed E-state index contributed by atoms with van der Waals surface area (Å²) in [5.41, 5.74) is 1.70. The minimum absolute atomic E-state index is 0.0923. The molecule has 1 amide bonds. The molecule has 10 heteroatoms. The summed E-state index contributed by atoms with van der Waals surface area (Å²) in [6.07, 6.45) is 1.17. The van der Waals surface area contributed by atoms with Crippen LogP contribution in [0.4, 0.5) is 0 Å². The highest BCUT2D eigenvalue weighted by molar-refractivity contribution is 7.89. The van der Waals surface area contributed by atoms with Crippen LogP contribution in [0, 0.1) is 5.92 Å². The Morgan fingerprint density at radius 2 is 2.00 bits per heavy atom. The van der Waals surface area contributed by atoms with Crippen molar-refractivity contribution in [2.45, 2.75) is 23.8 Å². The molecule has 0 spiro atoms. The summed E-state index contributed by atoms with van der Waals surface area (Å²) in [5.74, 6) is -0.745. The summed E-state index contributed by atoms with van der Waals surface area (Å²) in [6, 6.07) is 13.6. The largest absolute Gasteiger partial charge is 0.394 e. The Bertz CT molecular complexity index is 1130. The number of carbonyl (C=O) groups excluding carboxylic acids is 1. The number of hydrogen-bond acceptors (Lipinski definition) is 7. The van der Waals surface area contributed by atoms with Gasteiger partial charge in [0.2, 0.25) is 15.9 Å². The number of aliphatic hydroxyl groups excluding tert-OH is 1. The first-order valence-electron chi connectivity index (χ1n) is 9.68. The van der Waals surface area contributed by atoms with Crippen molar-refractivity contribution in [1.82, 2.24) is 18.4 Å². The van der Waals surface area contributed by atoms with Crippen molar-refractivity contribution in [2.24, 2.45) is 5.92 Å². The number of aromatic nitrogens is 2. The van der Waals surface area contributed by atoms with Gasteiger partial charge in [0, 0.05) is 13.1 Å². The van der Waals surface area contributed by atoms with Gasteiger partial charge in [0.15, 0.2) is 0 Å². The number of piperidine rings is 1. The highest BCUT2D eigenvalue weighted by atomic mass is 32.2. The molecule has 0 saturated carbocycles. The number of sulfonamides is 1. The predicted molar refractivity (Wildman–Crippen MR) is 113 cm³/mol. The number of rotatable bonds is 6. The zero-order valence-electron chi connectivity index (χ0n) is 16.1. The number of hydrogen-bond donors (Lipinski definition) is 2. The Morgan fingerprint density at radius 1 is 1.20 bits per heavy atom. The molecule has 1 aromatic heterocycles. The Kier molecular flexibility index (Phi) is 6.09. The molecule has 1 aliphatic heterocycles. The molecule has 1 aliphatic rings. The molecule has 0 bridgehead atoms. The van der Waals surface area contributed by atoms with Crippen LogP contribution in [0.1, 0.15) is 24.4 Å². The van der Waals surface area contributed by atoms with E-state index in [0.29, 0.717) is 30.4 Å². The summed E-state index contributed by atoms with van der Waals surface area (Å²) >= 11 is 0.972. The summed E-state index contributed by atoms with van der Waals surface area (Å²) in [6.45, 7) is 0.209. The van der Waals surface area contributed by atoms with E-state index in [2.05, 4.69) is 14.1 Å². The fourth-order valence-corrected chi connectivity index (χ4v) is 5.99. The van der Waals surface area contributed by atoms with Gasteiger partial charge in [-0.25, -0.2) is 8.42 Å². The first-order valence-corrected chi connectivity index (χ1v) is 11.9. The van der Waals surface area contributed by atoms with Crippen molar-refractivity contribution < 1.29 is 18.3 Å². The van der Waals surface area contributed by atoms with Gasteiger partial charge in [0.1, 0.15) is 15.9 Å². The average Bonchev–Trinajstić information content (AvgIpc) is 3.27. The topological polar surface area (TPSA) is 112 Å². The van der Waals surface area contributed by atoms with Crippen LogP contribution in [0.5, 0.6) is 0 Å². The van der Waals surface area contributed by atoms with Gasteiger partial charge in [-0.2, -0.15) is 13.1 Å². The van der Waals surface area contributed by atoms with Gasteiger partial charge in [-0.15, -0.1) is 0 Å². The van der Waals surface area contributed by atoms with E-state index in [1.54, 1.807) is 12.1 Å². The Labute approximate surface area is 178 Å². The van der Waals surface area contributed by atoms with E-state index in [1.807, 2.05) is 30.3 Å². The predicted octanol–water partition coefficient (Wildman–Crippen LogP) is 1.94. The lowest BCUT2D eigenvalue weighted by Crippen LogP contribution is -2.46. The number of nitrogens with zero attached hydrogens (tertiary/aromatic N) is 3. The molecule has 8 nitrogen and oxygen atoms in total. The number of carbonyl (C=O) groups is 1. The van der Waals surface area contributed by atoms with E-state index >= 15 is 0 Å². The van der Waals surface area contributed by atoms with Crippen LogP contribution in [0.3, 0.4) is 0 Å². The highest BCUT2D eigenvalue weighted by Crippen LogP contribution is 2.28. The van der Waals surface area contributed by atoms with Gasteiger partial charge in [-0.05, 0) is 30.5 Å². The zero-order valence-corrected chi connectivity index (χ0v) is 17.8. The van der Waals surface area contributed by atoms with Gasteiger partial charge in [0.05, 0.1) is 30.3 Å². The van der Waals surface area contributed by atoms with Gasteiger partial charge in [0.25, 0.3) is 0 Å². The molecule has 1 saturated heterocycles. The fourth-order valence-electron chi connectivity index (χ4n) is 3.71. The fraction of sp³-hybridized carbons (Fsp3) is 0.350. The lowest BCUT2D eigenvalue weighted by molar-refractivity contribution is -0.127. The third-order valence-electron chi connectivity index (χ3n) is 5.32. The zero-order chi connectivity index (χ0) is 21.1. The van der Waals surface area contributed by atoms with Crippen LogP contribution < -0.4 is 5.32 Å². The van der Waals surface area contributed by atoms with Gasteiger partial charge < -0.3 is 10.4 Å². The summed E-state index contributed by atoms with van der Waals surface area (Å²) in [5, 5.41) is 12.6. The molecular weight excluding hydrogens is 424 g/mol. The molecule has 4 rings (SSSR count). The number of amides is 1. The van der Waals surface area contributed by atoms with Crippen molar-refractivity contribution in [3.63, 3.8) is 0 Å². The molecule has 0 aliphatic carbocycles. The normalized spacial score (nSPS) is 18.9. The maximum Gasteiger partial charge on any atom is 0.245 e. The van der Waals surface area contributed by atoms with Gasteiger partial charge in [-0.3, -0.25) is 4.79 Å². The van der Waals surface area contributed by atoms with Crippen LogP contribution in [-0.2, 0) is 14.8 Å². The van der Waals surface area contributed by atoms with Crippen molar-refractivity contribution in [1.29, 1.82) is 0 Å². The van der Waals surface area contributed by atoms with Crippen LogP contribution in [0.25, 0.3) is 11.0 Å². The second kappa shape index (κ2) is 8.76. The molecule has 2 aromatic carbocycles. The van der Waals surface area contributed by atoms with E-state index in [9.17, 15) is 18.3 Å². The molecule has 0 radical (unpaired) electrons. The van der Waals surface area contributed by atoms with E-state index in [0.717, 1.165) is 17.3 Å². The summed E-state index contributed by atoms with van der Waals surface area (Å²) < 4.78 is 36.1. The van der Waals surface area contributed by atoms with E-state index in [4.69, 9.17) is 0 Å². The minimum Gasteiger partial charge on any atom is -0.394 e. The number of benzene rings is 2. The molecule has 30 heavy (non-hydrogen) atoms. The first kappa shape index (κ1) is 20.9. The second-order valence-corrected chi connectivity index (χ2v) is 9.68. The molecule has 1 fully saturated rings. The molecule has 0 unspecified atom stereocenters. The van der Waals surface area contributed by atoms with Crippen molar-refractivity contribution >= 4 is 38.7 Å². The smallest absolute Gasteiger partial charge is 0.245 e. The molecule has 2 N–H and O–H groups in total. The van der Waals surface area contributed by atoms with Crippen LogP contribution in [0.15, 0.2) is 53.4 Å². The average molecular weight is 447 g/mol. The van der Waals surface area contributed by atoms with Gasteiger partial charge >= 0.3 is 0 Å². The third-order valence-corrected chi connectivity index (χ3v) is 7.76. The molecule has 2 atom stereocenters. The Morgan fingerprint density at radius 3 is 2.77 bits per heavy atom. The summed E-state index contributed by atoms with van der Waals surface area (Å²) in [4.78, 5) is 13.0.